The minimum Gasteiger partial charge on any atom is -0.489 e. The Bertz CT molecular complexity index is 652. The molecule has 0 unspecified atom stereocenters. The van der Waals surface area contributed by atoms with Gasteiger partial charge in [0.25, 0.3) is 10.0 Å². The number of para-hydroxylation sites is 1. The molecule has 106 valence electrons. The van der Waals surface area contributed by atoms with Crippen molar-refractivity contribution in [1.82, 2.24) is 4.31 Å². The van der Waals surface area contributed by atoms with Crippen LogP contribution in [0.4, 0.5) is 0 Å². The smallest absolute Gasteiger partial charge is 0.276 e. The maximum atomic E-state index is 12.3. The lowest BCUT2D eigenvalue weighted by atomic mass is 10.3. The van der Waals surface area contributed by atoms with Gasteiger partial charge in [0.1, 0.15) is 11.9 Å². The summed E-state index contributed by atoms with van der Waals surface area (Å²) < 4.78 is 36.7. The van der Waals surface area contributed by atoms with E-state index in [0.717, 1.165) is 5.75 Å². The Hall–Kier alpha value is -1.79. The first-order valence-corrected chi connectivity index (χ1v) is 7.85. The number of hydrogen-bond donors (Lipinski definition) is 0. The highest BCUT2D eigenvalue weighted by Crippen LogP contribution is 2.24. The first-order chi connectivity index (χ1) is 9.66. The number of rotatable bonds is 4. The van der Waals surface area contributed by atoms with E-state index in [1.54, 1.807) is 6.07 Å². The van der Waals surface area contributed by atoms with Gasteiger partial charge in [0.15, 0.2) is 0 Å². The van der Waals surface area contributed by atoms with Crippen LogP contribution in [0.25, 0.3) is 0 Å². The zero-order valence-electron chi connectivity index (χ0n) is 10.8. The molecule has 0 saturated carbocycles. The molecule has 0 N–H and O–H groups in total. The quantitative estimate of drug-likeness (QED) is 0.866. The van der Waals surface area contributed by atoms with Gasteiger partial charge in [0, 0.05) is 6.54 Å². The normalized spacial score (nSPS) is 20.1. The summed E-state index contributed by atoms with van der Waals surface area (Å²) in [5, 5.41) is -0.0159. The van der Waals surface area contributed by atoms with Crippen LogP contribution in [0.5, 0.6) is 5.75 Å². The van der Waals surface area contributed by atoms with Gasteiger partial charge in [0.2, 0.25) is 5.09 Å². The predicted octanol–water partition coefficient (Wildman–Crippen LogP) is 2.12. The molecular weight excluding hydrogens is 278 g/mol. The minimum atomic E-state index is -3.53. The molecule has 0 bridgehead atoms. The first kappa shape index (κ1) is 13.2. The van der Waals surface area contributed by atoms with Gasteiger partial charge in [0.05, 0.1) is 12.8 Å². The predicted molar refractivity (Wildman–Crippen MR) is 72.9 cm³/mol. The molecule has 1 aliphatic heterocycles. The summed E-state index contributed by atoms with van der Waals surface area (Å²) in [6, 6.07) is 12.5. The third-order valence-corrected chi connectivity index (χ3v) is 5.00. The first-order valence-electron chi connectivity index (χ1n) is 6.41. The van der Waals surface area contributed by atoms with E-state index in [1.807, 2.05) is 30.3 Å². The summed E-state index contributed by atoms with van der Waals surface area (Å²) in [5.74, 6) is 0.759. The SMILES string of the molecule is O=S(=O)(c1ccco1)N1CC[C@@H](Oc2ccccc2)C1. The van der Waals surface area contributed by atoms with E-state index < -0.39 is 10.0 Å². The Morgan fingerprint density at radius 2 is 1.95 bits per heavy atom. The monoisotopic (exact) mass is 293 g/mol. The molecule has 1 saturated heterocycles. The van der Waals surface area contributed by atoms with E-state index in [-0.39, 0.29) is 11.2 Å². The van der Waals surface area contributed by atoms with Crippen LogP contribution in [0.15, 0.2) is 58.2 Å². The zero-order chi connectivity index (χ0) is 14.0. The highest BCUT2D eigenvalue weighted by Gasteiger charge is 2.35. The van der Waals surface area contributed by atoms with Crippen LogP contribution in [-0.2, 0) is 10.0 Å². The van der Waals surface area contributed by atoms with Gasteiger partial charge in [-0.15, -0.1) is 0 Å². The fraction of sp³-hybridized carbons (Fsp3) is 0.286. The Morgan fingerprint density at radius 1 is 1.15 bits per heavy atom. The van der Waals surface area contributed by atoms with Gasteiger partial charge in [-0.2, -0.15) is 4.31 Å². The van der Waals surface area contributed by atoms with Crippen LogP contribution in [-0.4, -0.2) is 31.9 Å². The highest BCUT2D eigenvalue weighted by molar-refractivity contribution is 7.89. The van der Waals surface area contributed by atoms with Gasteiger partial charge in [-0.05, 0) is 30.7 Å². The van der Waals surface area contributed by atoms with Crippen molar-refractivity contribution >= 4 is 10.0 Å². The maximum absolute atomic E-state index is 12.3. The molecule has 0 spiro atoms. The van der Waals surface area contributed by atoms with Gasteiger partial charge in [-0.3, -0.25) is 0 Å². The largest absolute Gasteiger partial charge is 0.489 e. The van der Waals surface area contributed by atoms with Crippen LogP contribution in [0, 0.1) is 0 Å². The topological polar surface area (TPSA) is 59.8 Å². The fourth-order valence-corrected chi connectivity index (χ4v) is 3.63. The molecular formula is C14H15NO4S. The molecule has 5 nitrogen and oxygen atoms in total. The molecule has 1 fully saturated rings. The standard InChI is InChI=1S/C14H15NO4S/c16-20(17,14-7-4-10-18-14)15-9-8-13(11-15)19-12-5-2-1-3-6-12/h1-7,10,13H,8-9,11H2/t13-/m1/s1. The Balaban J connectivity index is 1.68. The number of benzene rings is 1. The molecule has 1 aliphatic rings. The van der Waals surface area contributed by atoms with E-state index in [1.165, 1.54) is 16.6 Å². The molecule has 1 aromatic heterocycles. The Morgan fingerprint density at radius 3 is 2.65 bits per heavy atom. The molecule has 2 heterocycles. The average molecular weight is 293 g/mol. The van der Waals surface area contributed by atoms with Crippen LogP contribution >= 0.6 is 0 Å². The number of nitrogens with zero attached hydrogens (tertiary/aromatic N) is 1. The second kappa shape index (κ2) is 5.30. The molecule has 3 rings (SSSR count). The molecule has 20 heavy (non-hydrogen) atoms. The summed E-state index contributed by atoms with van der Waals surface area (Å²) >= 11 is 0. The number of sulfonamides is 1. The fourth-order valence-electron chi connectivity index (χ4n) is 2.24. The van der Waals surface area contributed by atoms with E-state index >= 15 is 0 Å². The number of furan rings is 1. The maximum Gasteiger partial charge on any atom is 0.276 e. The zero-order valence-corrected chi connectivity index (χ0v) is 11.6. The molecule has 1 atom stereocenters. The van der Waals surface area contributed by atoms with Crippen LogP contribution < -0.4 is 4.74 Å². The summed E-state index contributed by atoms with van der Waals surface area (Å²) in [5.41, 5.74) is 0. The minimum absolute atomic E-state index is 0.0159. The van der Waals surface area contributed by atoms with Crippen molar-refractivity contribution in [3.8, 4) is 5.75 Å². The molecule has 1 aromatic carbocycles. The second-order valence-corrected chi connectivity index (χ2v) is 6.51. The highest BCUT2D eigenvalue weighted by atomic mass is 32.2. The van der Waals surface area contributed by atoms with Gasteiger partial charge in [-0.1, -0.05) is 18.2 Å². The van der Waals surface area contributed by atoms with Crippen molar-refractivity contribution in [2.45, 2.75) is 17.6 Å². The summed E-state index contributed by atoms with van der Waals surface area (Å²) in [6.07, 6.45) is 1.91. The Kier molecular flexibility index (Phi) is 3.50. The number of ether oxygens (including phenoxy) is 1. The van der Waals surface area contributed by atoms with Crippen molar-refractivity contribution in [2.75, 3.05) is 13.1 Å². The molecule has 0 amide bonds. The third-order valence-electron chi connectivity index (χ3n) is 3.24. The van der Waals surface area contributed by atoms with Crippen molar-refractivity contribution in [3.63, 3.8) is 0 Å². The van der Waals surface area contributed by atoms with Crippen LogP contribution in [0.2, 0.25) is 0 Å². The molecule has 0 radical (unpaired) electrons. The molecule has 2 aromatic rings. The van der Waals surface area contributed by atoms with Gasteiger partial charge >= 0.3 is 0 Å². The van der Waals surface area contributed by atoms with Gasteiger partial charge in [-0.25, -0.2) is 8.42 Å². The van der Waals surface area contributed by atoms with E-state index in [4.69, 9.17) is 9.15 Å². The number of hydrogen-bond acceptors (Lipinski definition) is 4. The van der Waals surface area contributed by atoms with E-state index in [2.05, 4.69) is 0 Å². The third kappa shape index (κ3) is 2.57. The summed E-state index contributed by atoms with van der Waals surface area (Å²) in [6.45, 7) is 0.790. The lowest BCUT2D eigenvalue weighted by molar-refractivity contribution is 0.215. The lowest BCUT2D eigenvalue weighted by Crippen LogP contribution is -2.30. The average Bonchev–Trinajstić information content (AvgIpc) is 3.11. The van der Waals surface area contributed by atoms with Crippen molar-refractivity contribution in [1.29, 1.82) is 0 Å². The summed E-state index contributed by atoms with van der Waals surface area (Å²) in [4.78, 5) is 0. The Labute approximate surface area is 117 Å². The van der Waals surface area contributed by atoms with Crippen LogP contribution in [0.3, 0.4) is 0 Å². The lowest BCUT2D eigenvalue weighted by Gasteiger charge is -2.15. The second-order valence-electron chi connectivity index (χ2n) is 4.64. The van der Waals surface area contributed by atoms with Crippen molar-refractivity contribution < 1.29 is 17.6 Å². The molecule has 0 aliphatic carbocycles. The van der Waals surface area contributed by atoms with Gasteiger partial charge < -0.3 is 9.15 Å². The van der Waals surface area contributed by atoms with E-state index in [9.17, 15) is 8.42 Å². The van der Waals surface area contributed by atoms with E-state index in [0.29, 0.717) is 19.5 Å². The molecule has 6 heteroatoms. The van der Waals surface area contributed by atoms with Crippen molar-refractivity contribution in [2.24, 2.45) is 0 Å². The summed E-state index contributed by atoms with van der Waals surface area (Å²) in [7, 11) is -3.53. The van der Waals surface area contributed by atoms with Crippen LogP contribution in [0.1, 0.15) is 6.42 Å². The van der Waals surface area contributed by atoms with Crippen molar-refractivity contribution in [3.05, 3.63) is 48.7 Å².